The standard InChI is InChI=1S/C16H13NO6/c1-22-12-3-7-8(6-17-9(7)4-13(12)23-2)14-15(20)10(18)5-11(19)16(14)21/h3-4,6,14,17H,5H2,1-2H3. The van der Waals surface area contributed by atoms with Gasteiger partial charge in [-0.05, 0) is 11.6 Å². The van der Waals surface area contributed by atoms with Crippen LogP contribution in [0.1, 0.15) is 17.9 Å². The van der Waals surface area contributed by atoms with E-state index in [-0.39, 0.29) is 5.56 Å². The topological polar surface area (TPSA) is 103 Å². The molecule has 23 heavy (non-hydrogen) atoms. The number of rotatable bonds is 3. The van der Waals surface area contributed by atoms with Crippen molar-refractivity contribution in [1.82, 2.24) is 4.98 Å². The molecule has 0 atom stereocenters. The van der Waals surface area contributed by atoms with Crippen LogP contribution < -0.4 is 9.47 Å². The van der Waals surface area contributed by atoms with Gasteiger partial charge in [-0.1, -0.05) is 0 Å². The molecule has 7 heteroatoms. The maximum absolute atomic E-state index is 12.1. The molecule has 0 spiro atoms. The molecule has 3 rings (SSSR count). The Labute approximate surface area is 130 Å². The number of carbonyl (C=O) groups is 4. The van der Waals surface area contributed by atoms with Crippen LogP contribution in [-0.4, -0.2) is 42.3 Å². The molecule has 0 saturated heterocycles. The number of fused-ring (bicyclic) bond motifs is 1. The van der Waals surface area contributed by atoms with E-state index in [1.807, 2.05) is 0 Å². The molecule has 118 valence electrons. The average Bonchev–Trinajstić information content (AvgIpc) is 2.94. The smallest absolute Gasteiger partial charge is 0.214 e. The average molecular weight is 315 g/mol. The highest BCUT2D eigenvalue weighted by Crippen LogP contribution is 2.37. The van der Waals surface area contributed by atoms with Crippen molar-refractivity contribution in [2.24, 2.45) is 0 Å². The molecule has 1 fully saturated rings. The maximum Gasteiger partial charge on any atom is 0.214 e. The summed E-state index contributed by atoms with van der Waals surface area (Å²) in [6, 6.07) is 3.25. The van der Waals surface area contributed by atoms with Crippen LogP contribution in [0.3, 0.4) is 0 Å². The summed E-state index contributed by atoms with van der Waals surface area (Å²) in [5.41, 5.74) is 0.890. The zero-order chi connectivity index (χ0) is 16.7. The normalized spacial score (nSPS) is 16.3. The number of hydrogen-bond acceptors (Lipinski definition) is 6. The van der Waals surface area contributed by atoms with Gasteiger partial charge in [0.25, 0.3) is 0 Å². The van der Waals surface area contributed by atoms with Crippen molar-refractivity contribution in [3.63, 3.8) is 0 Å². The molecule has 0 amide bonds. The van der Waals surface area contributed by atoms with Gasteiger partial charge in [0.1, 0.15) is 5.92 Å². The molecule has 1 aromatic heterocycles. The third-order valence-corrected chi connectivity index (χ3v) is 3.92. The second-order valence-corrected chi connectivity index (χ2v) is 5.18. The van der Waals surface area contributed by atoms with E-state index < -0.39 is 35.5 Å². The number of benzene rings is 1. The lowest BCUT2D eigenvalue weighted by Gasteiger charge is -2.17. The number of ketones is 4. The van der Waals surface area contributed by atoms with Crippen molar-refractivity contribution in [3.05, 3.63) is 23.9 Å². The van der Waals surface area contributed by atoms with Gasteiger partial charge in [-0.3, -0.25) is 19.2 Å². The highest BCUT2D eigenvalue weighted by molar-refractivity contribution is 6.61. The summed E-state index contributed by atoms with van der Waals surface area (Å²) in [4.78, 5) is 50.4. The van der Waals surface area contributed by atoms with E-state index in [4.69, 9.17) is 9.47 Å². The Morgan fingerprint density at radius 3 is 2.09 bits per heavy atom. The van der Waals surface area contributed by atoms with Gasteiger partial charge < -0.3 is 14.5 Å². The number of Topliss-reactive ketones (excluding diaryl/α,β-unsaturated/α-hetero) is 4. The van der Waals surface area contributed by atoms with Gasteiger partial charge >= 0.3 is 0 Å². The lowest BCUT2D eigenvalue weighted by molar-refractivity contribution is -0.149. The van der Waals surface area contributed by atoms with Gasteiger partial charge in [0.15, 0.2) is 11.5 Å². The van der Waals surface area contributed by atoms with Crippen LogP contribution in [0, 0.1) is 0 Å². The number of aromatic amines is 1. The third-order valence-electron chi connectivity index (χ3n) is 3.92. The summed E-state index contributed by atoms with van der Waals surface area (Å²) in [5.74, 6) is -3.90. The molecule has 0 radical (unpaired) electrons. The lowest BCUT2D eigenvalue weighted by atomic mass is 9.80. The number of aromatic nitrogens is 1. The summed E-state index contributed by atoms with van der Waals surface area (Å²) >= 11 is 0. The van der Waals surface area contributed by atoms with Gasteiger partial charge in [-0.25, -0.2) is 0 Å². The first-order chi connectivity index (χ1) is 11.0. The summed E-state index contributed by atoms with van der Waals surface area (Å²) in [6.07, 6.45) is 0.809. The Bertz CT molecular complexity index is 837. The fraction of sp³-hybridized carbons (Fsp3) is 0.250. The summed E-state index contributed by atoms with van der Waals surface area (Å²) in [6.45, 7) is 0. The molecule has 1 N–H and O–H groups in total. The van der Waals surface area contributed by atoms with Crippen LogP contribution in [0.5, 0.6) is 11.5 Å². The van der Waals surface area contributed by atoms with Crippen molar-refractivity contribution in [2.75, 3.05) is 14.2 Å². The van der Waals surface area contributed by atoms with E-state index in [1.165, 1.54) is 20.4 Å². The number of nitrogens with one attached hydrogen (secondary N) is 1. The van der Waals surface area contributed by atoms with Crippen LogP contribution in [0.25, 0.3) is 10.9 Å². The van der Waals surface area contributed by atoms with Gasteiger partial charge in [0.2, 0.25) is 23.1 Å². The fourth-order valence-corrected chi connectivity index (χ4v) is 2.75. The first-order valence-electron chi connectivity index (χ1n) is 6.85. The van der Waals surface area contributed by atoms with Gasteiger partial charge in [0, 0.05) is 23.2 Å². The highest BCUT2D eigenvalue weighted by atomic mass is 16.5. The van der Waals surface area contributed by atoms with Crippen LogP contribution in [0.2, 0.25) is 0 Å². The van der Waals surface area contributed by atoms with Crippen LogP contribution >= 0.6 is 0 Å². The Hall–Kier alpha value is -2.96. The van der Waals surface area contributed by atoms with Gasteiger partial charge in [-0.15, -0.1) is 0 Å². The summed E-state index contributed by atoms with van der Waals surface area (Å²) < 4.78 is 10.4. The molecule has 1 aliphatic carbocycles. The highest BCUT2D eigenvalue weighted by Gasteiger charge is 2.43. The fourth-order valence-electron chi connectivity index (χ4n) is 2.75. The second-order valence-electron chi connectivity index (χ2n) is 5.18. The van der Waals surface area contributed by atoms with E-state index in [9.17, 15) is 19.2 Å². The van der Waals surface area contributed by atoms with Crippen LogP contribution in [-0.2, 0) is 19.2 Å². The maximum atomic E-state index is 12.1. The molecule has 0 unspecified atom stereocenters. The first-order valence-corrected chi connectivity index (χ1v) is 6.85. The second kappa shape index (κ2) is 5.35. The molecule has 1 saturated carbocycles. The van der Waals surface area contributed by atoms with Crippen LogP contribution in [0.15, 0.2) is 18.3 Å². The van der Waals surface area contributed by atoms with Crippen molar-refractivity contribution in [2.45, 2.75) is 12.3 Å². The first kappa shape index (κ1) is 15.0. The predicted molar refractivity (Wildman–Crippen MR) is 78.8 cm³/mol. The minimum Gasteiger partial charge on any atom is -0.493 e. The van der Waals surface area contributed by atoms with Gasteiger partial charge in [-0.2, -0.15) is 0 Å². The largest absolute Gasteiger partial charge is 0.493 e. The van der Waals surface area contributed by atoms with E-state index >= 15 is 0 Å². The molecule has 1 aromatic carbocycles. The molecule has 1 aliphatic rings. The Kier molecular flexibility index (Phi) is 3.48. The van der Waals surface area contributed by atoms with E-state index in [2.05, 4.69) is 4.98 Å². The minimum atomic E-state index is -1.39. The zero-order valence-corrected chi connectivity index (χ0v) is 12.5. The predicted octanol–water partition coefficient (Wildman–Crippen LogP) is 0.949. The number of hydrogen-bond donors (Lipinski definition) is 1. The number of methoxy groups -OCH3 is 2. The molecule has 0 aliphatic heterocycles. The molecule has 0 bridgehead atoms. The molecule has 2 aromatic rings. The van der Waals surface area contributed by atoms with Crippen molar-refractivity contribution >= 4 is 34.0 Å². The Morgan fingerprint density at radius 1 is 0.957 bits per heavy atom. The third kappa shape index (κ3) is 2.21. The van der Waals surface area contributed by atoms with Crippen molar-refractivity contribution in [1.29, 1.82) is 0 Å². The Balaban J connectivity index is 2.19. The quantitative estimate of drug-likeness (QED) is 0.668. The van der Waals surface area contributed by atoms with Crippen molar-refractivity contribution < 1.29 is 28.7 Å². The lowest BCUT2D eigenvalue weighted by Crippen LogP contribution is -2.40. The number of H-pyrrole nitrogens is 1. The SMILES string of the molecule is COc1cc2[nH]cc(C3C(=O)C(=O)CC(=O)C3=O)c2cc1OC. The molecular formula is C16H13NO6. The zero-order valence-electron chi connectivity index (χ0n) is 12.5. The molecule has 1 heterocycles. The molecule has 7 nitrogen and oxygen atoms in total. The Morgan fingerprint density at radius 2 is 1.52 bits per heavy atom. The van der Waals surface area contributed by atoms with E-state index in [0.717, 1.165) is 0 Å². The summed E-state index contributed by atoms with van der Waals surface area (Å²) in [5, 5.41) is 0.525. The number of carbonyl (C=O) groups excluding carboxylic acids is 4. The van der Waals surface area contributed by atoms with E-state index in [0.29, 0.717) is 22.4 Å². The monoisotopic (exact) mass is 315 g/mol. The number of ether oxygens (including phenoxy) is 2. The minimum absolute atomic E-state index is 0.289. The summed E-state index contributed by atoms with van der Waals surface area (Å²) in [7, 11) is 2.94. The van der Waals surface area contributed by atoms with Gasteiger partial charge in [0.05, 0.1) is 20.6 Å². The van der Waals surface area contributed by atoms with Crippen LogP contribution in [0.4, 0.5) is 0 Å². The van der Waals surface area contributed by atoms with E-state index in [1.54, 1.807) is 12.1 Å². The van der Waals surface area contributed by atoms with Crippen molar-refractivity contribution in [3.8, 4) is 11.5 Å². The molecular weight excluding hydrogens is 302 g/mol.